The Bertz CT molecular complexity index is 130. The van der Waals surface area contributed by atoms with Gasteiger partial charge in [-0.1, -0.05) is 32.6 Å². The molecular weight excluding hydrogens is 172 g/mol. The molecule has 2 nitrogen and oxygen atoms in total. The third kappa shape index (κ3) is 4.97. The first-order chi connectivity index (χ1) is 6.83. The molecule has 1 N–H and O–H groups in total. The maximum atomic E-state index is 3.37. The third-order valence-electron chi connectivity index (χ3n) is 3.31. The van der Waals surface area contributed by atoms with Crippen LogP contribution in [0.2, 0.25) is 0 Å². The van der Waals surface area contributed by atoms with Crippen molar-refractivity contribution in [2.24, 2.45) is 5.92 Å². The molecule has 0 aromatic rings. The van der Waals surface area contributed by atoms with Crippen molar-refractivity contribution >= 4 is 0 Å². The van der Waals surface area contributed by atoms with Crippen LogP contribution >= 0.6 is 0 Å². The van der Waals surface area contributed by atoms with Crippen molar-refractivity contribution < 1.29 is 0 Å². The first kappa shape index (κ1) is 12.0. The van der Waals surface area contributed by atoms with Gasteiger partial charge >= 0.3 is 0 Å². The SMILES string of the molecule is CCNCCN(C)CCC1CCCC1. The summed E-state index contributed by atoms with van der Waals surface area (Å²) in [7, 11) is 2.24. The van der Waals surface area contributed by atoms with Gasteiger partial charge in [0.05, 0.1) is 0 Å². The van der Waals surface area contributed by atoms with Crippen molar-refractivity contribution in [3.05, 3.63) is 0 Å². The van der Waals surface area contributed by atoms with Crippen molar-refractivity contribution in [3.63, 3.8) is 0 Å². The van der Waals surface area contributed by atoms with Crippen LogP contribution in [0.4, 0.5) is 0 Å². The zero-order valence-electron chi connectivity index (χ0n) is 9.89. The molecule has 0 aliphatic heterocycles. The molecule has 0 aromatic carbocycles. The summed E-state index contributed by atoms with van der Waals surface area (Å²) in [5, 5.41) is 3.37. The number of nitrogens with one attached hydrogen (secondary N) is 1. The molecule has 1 saturated carbocycles. The van der Waals surface area contributed by atoms with Gasteiger partial charge in [0.1, 0.15) is 0 Å². The van der Waals surface area contributed by atoms with Crippen molar-refractivity contribution in [1.29, 1.82) is 0 Å². The van der Waals surface area contributed by atoms with Crippen LogP contribution < -0.4 is 5.32 Å². The molecule has 0 bridgehead atoms. The molecule has 0 spiro atoms. The molecule has 0 saturated heterocycles. The molecule has 0 atom stereocenters. The second kappa shape index (κ2) is 7.24. The van der Waals surface area contributed by atoms with E-state index in [4.69, 9.17) is 0 Å². The lowest BCUT2D eigenvalue weighted by Gasteiger charge is -2.18. The summed E-state index contributed by atoms with van der Waals surface area (Å²) in [6.45, 7) is 6.88. The summed E-state index contributed by atoms with van der Waals surface area (Å²) in [5.41, 5.74) is 0. The Labute approximate surface area is 89.1 Å². The van der Waals surface area contributed by atoms with E-state index in [0.717, 1.165) is 19.0 Å². The summed E-state index contributed by atoms with van der Waals surface area (Å²) < 4.78 is 0. The van der Waals surface area contributed by atoms with E-state index in [2.05, 4.69) is 24.2 Å². The van der Waals surface area contributed by atoms with E-state index in [1.165, 1.54) is 45.2 Å². The highest BCUT2D eigenvalue weighted by Crippen LogP contribution is 2.27. The second-order valence-corrected chi connectivity index (χ2v) is 4.60. The molecular formula is C12H26N2. The summed E-state index contributed by atoms with van der Waals surface area (Å²) >= 11 is 0. The van der Waals surface area contributed by atoms with Gasteiger partial charge in [0.15, 0.2) is 0 Å². The van der Waals surface area contributed by atoms with Crippen molar-refractivity contribution in [1.82, 2.24) is 10.2 Å². The minimum atomic E-state index is 1.04. The predicted octanol–water partition coefficient (Wildman–Crippen LogP) is 2.11. The lowest BCUT2D eigenvalue weighted by atomic mass is 10.0. The molecule has 14 heavy (non-hydrogen) atoms. The summed E-state index contributed by atoms with van der Waals surface area (Å²) in [6.07, 6.45) is 7.35. The quantitative estimate of drug-likeness (QED) is 0.630. The Balaban J connectivity index is 1.93. The van der Waals surface area contributed by atoms with Crippen molar-refractivity contribution in [2.45, 2.75) is 39.0 Å². The minimum absolute atomic E-state index is 1.04. The maximum absolute atomic E-state index is 3.37. The van der Waals surface area contributed by atoms with Crippen LogP contribution in [0.15, 0.2) is 0 Å². The van der Waals surface area contributed by atoms with Crippen molar-refractivity contribution in [3.8, 4) is 0 Å². The third-order valence-corrected chi connectivity index (χ3v) is 3.31. The largest absolute Gasteiger partial charge is 0.316 e. The molecule has 0 unspecified atom stereocenters. The molecule has 84 valence electrons. The number of likely N-dealkylation sites (N-methyl/N-ethyl adjacent to an activating group) is 2. The van der Waals surface area contributed by atoms with Crippen LogP contribution in [0, 0.1) is 5.92 Å². The van der Waals surface area contributed by atoms with Crippen LogP contribution in [0.5, 0.6) is 0 Å². The topological polar surface area (TPSA) is 15.3 Å². The fourth-order valence-corrected chi connectivity index (χ4v) is 2.26. The lowest BCUT2D eigenvalue weighted by Crippen LogP contribution is -2.30. The van der Waals surface area contributed by atoms with Crippen LogP contribution in [0.1, 0.15) is 39.0 Å². The molecule has 1 aliphatic rings. The van der Waals surface area contributed by atoms with Gasteiger partial charge in [-0.2, -0.15) is 0 Å². The standard InChI is InChI=1S/C12H26N2/c1-3-13-9-11-14(2)10-8-12-6-4-5-7-12/h12-13H,3-11H2,1-2H3. The molecule has 2 heteroatoms. The van der Waals surface area contributed by atoms with Gasteiger partial charge in [0.2, 0.25) is 0 Å². The van der Waals surface area contributed by atoms with E-state index in [1.54, 1.807) is 0 Å². The Morgan fingerprint density at radius 3 is 2.57 bits per heavy atom. The van der Waals surface area contributed by atoms with Crippen LogP contribution in [-0.4, -0.2) is 38.1 Å². The molecule has 0 aromatic heterocycles. The number of rotatable bonds is 7. The van der Waals surface area contributed by atoms with Gasteiger partial charge in [-0.3, -0.25) is 0 Å². The predicted molar refractivity (Wildman–Crippen MR) is 62.6 cm³/mol. The molecule has 0 radical (unpaired) electrons. The van der Waals surface area contributed by atoms with E-state index in [1.807, 2.05) is 0 Å². The van der Waals surface area contributed by atoms with Crippen LogP contribution in [0.25, 0.3) is 0 Å². The molecule has 1 fully saturated rings. The average Bonchev–Trinajstić information content (AvgIpc) is 2.68. The molecule has 0 amide bonds. The van der Waals surface area contributed by atoms with Crippen molar-refractivity contribution in [2.75, 3.05) is 33.2 Å². The number of hydrogen-bond acceptors (Lipinski definition) is 2. The Kier molecular flexibility index (Phi) is 6.20. The summed E-state index contributed by atoms with van der Waals surface area (Å²) in [6, 6.07) is 0. The highest BCUT2D eigenvalue weighted by Gasteiger charge is 2.14. The smallest absolute Gasteiger partial charge is 0.0104 e. The minimum Gasteiger partial charge on any atom is -0.316 e. The zero-order chi connectivity index (χ0) is 10.2. The van der Waals surface area contributed by atoms with Gasteiger partial charge in [0, 0.05) is 13.1 Å². The van der Waals surface area contributed by atoms with Gasteiger partial charge in [0.25, 0.3) is 0 Å². The van der Waals surface area contributed by atoms with E-state index >= 15 is 0 Å². The highest BCUT2D eigenvalue weighted by molar-refractivity contribution is 4.68. The number of hydrogen-bond donors (Lipinski definition) is 1. The summed E-state index contributed by atoms with van der Waals surface area (Å²) in [4.78, 5) is 2.46. The summed E-state index contributed by atoms with van der Waals surface area (Å²) in [5.74, 6) is 1.04. The van der Waals surface area contributed by atoms with E-state index < -0.39 is 0 Å². The van der Waals surface area contributed by atoms with Gasteiger partial charge in [-0.05, 0) is 32.5 Å². The lowest BCUT2D eigenvalue weighted by molar-refractivity contribution is 0.300. The fourth-order valence-electron chi connectivity index (χ4n) is 2.26. The number of nitrogens with zero attached hydrogens (tertiary/aromatic N) is 1. The average molecular weight is 198 g/mol. The van der Waals surface area contributed by atoms with Gasteiger partial charge in [-0.25, -0.2) is 0 Å². The fraction of sp³-hybridized carbons (Fsp3) is 1.00. The monoisotopic (exact) mass is 198 g/mol. The Hall–Kier alpha value is -0.0800. The molecule has 0 heterocycles. The molecule has 1 rings (SSSR count). The normalized spacial score (nSPS) is 18.2. The maximum Gasteiger partial charge on any atom is 0.0104 e. The zero-order valence-corrected chi connectivity index (χ0v) is 9.89. The van der Waals surface area contributed by atoms with Gasteiger partial charge < -0.3 is 10.2 Å². The van der Waals surface area contributed by atoms with Crippen LogP contribution in [0.3, 0.4) is 0 Å². The van der Waals surface area contributed by atoms with Crippen LogP contribution in [-0.2, 0) is 0 Å². The van der Waals surface area contributed by atoms with Gasteiger partial charge in [-0.15, -0.1) is 0 Å². The van der Waals surface area contributed by atoms with E-state index in [9.17, 15) is 0 Å². The highest BCUT2D eigenvalue weighted by atomic mass is 15.1. The van der Waals surface area contributed by atoms with E-state index in [-0.39, 0.29) is 0 Å². The Morgan fingerprint density at radius 1 is 1.21 bits per heavy atom. The van der Waals surface area contributed by atoms with E-state index in [0.29, 0.717) is 0 Å². The second-order valence-electron chi connectivity index (χ2n) is 4.60. The molecule has 1 aliphatic carbocycles. The first-order valence-corrected chi connectivity index (χ1v) is 6.22. The Morgan fingerprint density at radius 2 is 1.93 bits per heavy atom. The first-order valence-electron chi connectivity index (χ1n) is 6.22.